The molecule has 0 bridgehead atoms. The first kappa shape index (κ1) is 12.9. The molecule has 0 saturated heterocycles. The molecule has 0 aromatic rings. The van der Waals surface area contributed by atoms with Crippen LogP contribution >= 0.6 is 0 Å². The van der Waals surface area contributed by atoms with Crippen molar-refractivity contribution in [3.8, 4) is 0 Å². The zero-order valence-electron chi connectivity index (χ0n) is 10.3. The highest BCUT2D eigenvalue weighted by molar-refractivity contribution is 5.93. The maximum absolute atomic E-state index is 11.8. The van der Waals surface area contributed by atoms with E-state index in [0.717, 1.165) is 19.3 Å². The van der Waals surface area contributed by atoms with Gasteiger partial charge in [0.15, 0.2) is 11.6 Å². The van der Waals surface area contributed by atoms with Crippen molar-refractivity contribution >= 4 is 11.6 Å². The van der Waals surface area contributed by atoms with Crippen molar-refractivity contribution in [2.45, 2.75) is 40.0 Å². The van der Waals surface area contributed by atoms with Crippen molar-refractivity contribution in [2.24, 2.45) is 11.8 Å². The van der Waals surface area contributed by atoms with E-state index in [2.05, 4.69) is 6.92 Å². The second-order valence-electron chi connectivity index (χ2n) is 4.76. The Morgan fingerprint density at radius 2 is 2.31 bits per heavy atom. The summed E-state index contributed by atoms with van der Waals surface area (Å²) in [6.07, 6.45) is 8.03. The van der Waals surface area contributed by atoms with E-state index in [-0.39, 0.29) is 17.5 Å². The summed E-state index contributed by atoms with van der Waals surface area (Å²) >= 11 is 0. The van der Waals surface area contributed by atoms with E-state index in [1.807, 2.05) is 13.0 Å². The minimum Gasteiger partial charge on any atom is -0.295 e. The van der Waals surface area contributed by atoms with Gasteiger partial charge in [-0.15, -0.1) is 0 Å². The summed E-state index contributed by atoms with van der Waals surface area (Å²) in [5, 5.41) is 0. The fraction of sp³-hybridized carbons (Fsp3) is 0.571. The Labute approximate surface area is 97.4 Å². The van der Waals surface area contributed by atoms with Gasteiger partial charge in [0, 0.05) is 5.92 Å². The van der Waals surface area contributed by atoms with Gasteiger partial charge in [-0.05, 0) is 51.2 Å². The van der Waals surface area contributed by atoms with Gasteiger partial charge in [-0.1, -0.05) is 18.6 Å². The molecule has 1 aliphatic carbocycles. The van der Waals surface area contributed by atoms with Crippen LogP contribution in [0.25, 0.3) is 0 Å². The molecule has 0 radical (unpaired) electrons. The van der Waals surface area contributed by atoms with Crippen LogP contribution in [0.5, 0.6) is 0 Å². The Balaban J connectivity index is 2.52. The highest BCUT2D eigenvalue weighted by atomic mass is 16.1. The van der Waals surface area contributed by atoms with Gasteiger partial charge in [-0.3, -0.25) is 9.59 Å². The highest BCUT2D eigenvalue weighted by Crippen LogP contribution is 2.28. The zero-order valence-corrected chi connectivity index (χ0v) is 10.3. The average molecular weight is 220 g/mol. The lowest BCUT2D eigenvalue weighted by Gasteiger charge is -2.24. The molecule has 2 atom stereocenters. The van der Waals surface area contributed by atoms with Gasteiger partial charge in [-0.2, -0.15) is 0 Å². The molecule has 16 heavy (non-hydrogen) atoms. The minimum absolute atomic E-state index is 0.0675. The smallest absolute Gasteiger partial charge is 0.158 e. The highest BCUT2D eigenvalue weighted by Gasteiger charge is 2.25. The molecule has 0 aromatic carbocycles. The van der Waals surface area contributed by atoms with Crippen LogP contribution in [0.3, 0.4) is 0 Å². The Hall–Kier alpha value is -1.18. The van der Waals surface area contributed by atoms with Crippen LogP contribution in [0.15, 0.2) is 23.8 Å². The van der Waals surface area contributed by atoms with E-state index < -0.39 is 0 Å². The Bertz CT molecular complexity index is 337. The van der Waals surface area contributed by atoms with Crippen molar-refractivity contribution in [3.05, 3.63) is 23.8 Å². The third-order valence-corrected chi connectivity index (χ3v) is 3.15. The fourth-order valence-corrected chi connectivity index (χ4v) is 2.13. The van der Waals surface area contributed by atoms with Gasteiger partial charge in [0.25, 0.3) is 0 Å². The molecular formula is C14H20O2. The molecule has 2 unspecified atom stereocenters. The molecule has 0 N–H and O–H groups in total. The van der Waals surface area contributed by atoms with E-state index in [1.54, 1.807) is 19.1 Å². The largest absolute Gasteiger partial charge is 0.295 e. The number of hydrogen-bond acceptors (Lipinski definition) is 2. The molecular weight excluding hydrogens is 200 g/mol. The molecule has 0 saturated carbocycles. The van der Waals surface area contributed by atoms with Crippen molar-refractivity contribution in [1.82, 2.24) is 0 Å². The van der Waals surface area contributed by atoms with Crippen molar-refractivity contribution in [3.63, 3.8) is 0 Å². The molecule has 0 fully saturated rings. The lowest BCUT2D eigenvalue weighted by Crippen LogP contribution is -2.23. The Morgan fingerprint density at radius 1 is 1.62 bits per heavy atom. The quantitative estimate of drug-likeness (QED) is 0.682. The number of allylic oxidation sites excluding steroid dienone is 4. The van der Waals surface area contributed by atoms with Crippen LogP contribution in [0.2, 0.25) is 0 Å². The van der Waals surface area contributed by atoms with E-state index in [4.69, 9.17) is 0 Å². The van der Waals surface area contributed by atoms with Gasteiger partial charge < -0.3 is 0 Å². The van der Waals surface area contributed by atoms with Crippen molar-refractivity contribution in [1.29, 1.82) is 0 Å². The number of rotatable bonds is 4. The molecule has 0 heterocycles. The van der Waals surface area contributed by atoms with E-state index in [9.17, 15) is 9.59 Å². The van der Waals surface area contributed by atoms with Crippen molar-refractivity contribution < 1.29 is 9.59 Å². The number of carbonyl (C=O) groups excluding carboxylic acids is 2. The Kier molecular flexibility index (Phi) is 4.66. The van der Waals surface area contributed by atoms with Gasteiger partial charge in [0.2, 0.25) is 0 Å². The molecule has 0 spiro atoms. The van der Waals surface area contributed by atoms with E-state index >= 15 is 0 Å². The lowest BCUT2D eigenvalue weighted by atomic mass is 9.79. The summed E-state index contributed by atoms with van der Waals surface area (Å²) in [4.78, 5) is 22.5. The van der Waals surface area contributed by atoms with Gasteiger partial charge in [-0.25, -0.2) is 0 Å². The molecule has 2 nitrogen and oxygen atoms in total. The number of carbonyl (C=O) groups is 2. The summed E-state index contributed by atoms with van der Waals surface area (Å²) in [7, 11) is 0. The number of ketones is 2. The van der Waals surface area contributed by atoms with Crippen LogP contribution in [0, 0.1) is 11.8 Å². The molecule has 2 heteroatoms. The number of hydrogen-bond donors (Lipinski definition) is 0. The van der Waals surface area contributed by atoms with Crippen LogP contribution < -0.4 is 0 Å². The first-order valence-electron chi connectivity index (χ1n) is 5.89. The average Bonchev–Trinajstić information content (AvgIpc) is 2.16. The second-order valence-corrected chi connectivity index (χ2v) is 4.76. The molecule has 1 aliphatic rings. The molecule has 1 rings (SSSR count). The normalized spacial score (nSPS) is 23.3. The second kappa shape index (κ2) is 5.78. The molecule has 0 aromatic heterocycles. The minimum atomic E-state index is 0.0675. The van der Waals surface area contributed by atoms with Crippen LogP contribution in [-0.4, -0.2) is 11.6 Å². The van der Waals surface area contributed by atoms with Gasteiger partial charge >= 0.3 is 0 Å². The van der Waals surface area contributed by atoms with Crippen LogP contribution in [-0.2, 0) is 9.59 Å². The first-order chi connectivity index (χ1) is 7.50. The summed E-state index contributed by atoms with van der Waals surface area (Å²) in [5.74, 6) is 0.790. The standard InChI is InChI=1S/C14H20O2/c1-10-7-8-13(14(16)9-10)11(2)5-4-6-12(3)15/h4,6,9,11,13H,5,7-8H2,1-3H3/b6-4+. The third-order valence-electron chi connectivity index (χ3n) is 3.15. The summed E-state index contributed by atoms with van der Waals surface area (Å²) in [5.41, 5.74) is 1.19. The zero-order chi connectivity index (χ0) is 12.1. The summed E-state index contributed by atoms with van der Waals surface area (Å²) in [6.45, 7) is 5.63. The topological polar surface area (TPSA) is 34.1 Å². The molecule has 88 valence electrons. The SMILES string of the molecule is CC(=O)/C=C/CC(C)C1CCC(C)=CC1=O. The summed E-state index contributed by atoms with van der Waals surface area (Å²) < 4.78 is 0. The predicted octanol–water partition coefficient (Wildman–Crippen LogP) is 3.08. The van der Waals surface area contributed by atoms with Crippen molar-refractivity contribution in [2.75, 3.05) is 0 Å². The maximum atomic E-state index is 11.8. The van der Waals surface area contributed by atoms with Crippen LogP contribution in [0.4, 0.5) is 0 Å². The monoisotopic (exact) mass is 220 g/mol. The Morgan fingerprint density at radius 3 is 2.88 bits per heavy atom. The summed E-state index contributed by atoms with van der Waals surface area (Å²) in [6, 6.07) is 0. The predicted molar refractivity (Wildman–Crippen MR) is 65.1 cm³/mol. The van der Waals surface area contributed by atoms with Gasteiger partial charge in [0.1, 0.15) is 0 Å². The third kappa shape index (κ3) is 3.76. The van der Waals surface area contributed by atoms with Crippen LogP contribution in [0.1, 0.15) is 40.0 Å². The fourth-order valence-electron chi connectivity index (χ4n) is 2.13. The van der Waals surface area contributed by atoms with E-state index in [1.165, 1.54) is 5.57 Å². The van der Waals surface area contributed by atoms with Gasteiger partial charge in [0.05, 0.1) is 0 Å². The molecule has 0 amide bonds. The lowest BCUT2D eigenvalue weighted by molar-refractivity contribution is -0.120. The maximum Gasteiger partial charge on any atom is 0.158 e. The first-order valence-corrected chi connectivity index (χ1v) is 5.89. The molecule has 0 aliphatic heterocycles. The van der Waals surface area contributed by atoms with E-state index in [0.29, 0.717) is 5.92 Å².